The number of allylic oxidation sites excluding steroid dienone is 2. The van der Waals surface area contributed by atoms with E-state index in [9.17, 15) is 0 Å². The average molecular weight is 357 g/mol. The molecule has 0 atom stereocenters. The number of unbranched alkanes of at least 4 members (excludes halogenated alkanes) is 3. The second-order valence-corrected chi connectivity index (χ2v) is 8.09. The van der Waals surface area contributed by atoms with Gasteiger partial charge in [-0.1, -0.05) is 70.2 Å². The maximum Gasteiger partial charge on any atom is 0.119 e. The van der Waals surface area contributed by atoms with Gasteiger partial charge >= 0.3 is 0 Å². The highest BCUT2D eigenvalue weighted by Crippen LogP contribution is 2.32. The van der Waals surface area contributed by atoms with Crippen molar-refractivity contribution in [2.75, 3.05) is 6.61 Å². The number of hydrogen-bond donors (Lipinski definition) is 0. The lowest BCUT2D eigenvalue weighted by Gasteiger charge is -2.26. The van der Waals surface area contributed by atoms with E-state index in [1.165, 1.54) is 69.8 Å². The summed E-state index contributed by atoms with van der Waals surface area (Å²) >= 11 is 0. The van der Waals surface area contributed by atoms with Gasteiger partial charge in [0.25, 0.3) is 0 Å². The molecule has 0 heterocycles. The summed E-state index contributed by atoms with van der Waals surface area (Å²) in [7, 11) is 0. The first kappa shape index (κ1) is 21.1. The number of rotatable bonds is 12. The molecule has 1 fully saturated rings. The molecule has 0 saturated heterocycles. The Hall–Kier alpha value is -1.24. The summed E-state index contributed by atoms with van der Waals surface area (Å²) in [6.07, 6.45) is 20.8. The van der Waals surface area contributed by atoms with E-state index in [0.717, 1.165) is 37.0 Å². The van der Waals surface area contributed by atoms with Gasteiger partial charge in [0, 0.05) is 0 Å². The highest BCUT2D eigenvalue weighted by atomic mass is 16.5. The van der Waals surface area contributed by atoms with Crippen LogP contribution in [-0.2, 0) is 6.42 Å². The van der Waals surface area contributed by atoms with Crippen molar-refractivity contribution in [3.8, 4) is 5.75 Å². The zero-order chi connectivity index (χ0) is 18.5. The predicted molar refractivity (Wildman–Crippen MR) is 114 cm³/mol. The Bertz CT molecular complexity index is 479. The molecule has 1 heteroatoms. The van der Waals surface area contributed by atoms with Crippen molar-refractivity contribution in [1.29, 1.82) is 0 Å². The van der Waals surface area contributed by atoms with Gasteiger partial charge in [-0.3, -0.25) is 0 Å². The maximum absolute atomic E-state index is 5.82. The molecular formula is C25H40O. The molecule has 0 spiro atoms. The van der Waals surface area contributed by atoms with Crippen LogP contribution in [0.3, 0.4) is 0 Å². The molecule has 2 rings (SSSR count). The third-order valence-electron chi connectivity index (χ3n) is 5.79. The van der Waals surface area contributed by atoms with E-state index < -0.39 is 0 Å². The highest BCUT2D eigenvalue weighted by Gasteiger charge is 2.18. The fraction of sp³-hybridized carbons (Fsp3) is 0.680. The molecule has 146 valence electrons. The Morgan fingerprint density at radius 3 is 2.38 bits per heavy atom. The summed E-state index contributed by atoms with van der Waals surface area (Å²) in [5, 5.41) is 0. The third kappa shape index (κ3) is 8.43. The first-order chi connectivity index (χ1) is 12.8. The molecule has 1 aromatic rings. The van der Waals surface area contributed by atoms with E-state index in [1.54, 1.807) is 0 Å². The standard InChI is InChI=1S/C25H40O/c1-3-5-6-9-21-26-25-19-17-24(18-20-25)12-8-7-11-23-15-13-22(10-4-2)14-16-23/h7,11,17-20,22-23H,3-6,8-10,12-16,21H2,1-2H3. The van der Waals surface area contributed by atoms with Crippen molar-refractivity contribution in [3.63, 3.8) is 0 Å². The average Bonchev–Trinajstić information content (AvgIpc) is 2.68. The molecule has 0 bridgehead atoms. The molecule has 1 nitrogen and oxygen atoms in total. The number of aryl methyl sites for hydroxylation is 1. The van der Waals surface area contributed by atoms with Crippen LogP contribution in [0.25, 0.3) is 0 Å². The number of benzene rings is 1. The van der Waals surface area contributed by atoms with E-state index in [1.807, 2.05) is 0 Å². The lowest BCUT2D eigenvalue weighted by atomic mass is 9.80. The fourth-order valence-corrected chi connectivity index (χ4v) is 4.09. The van der Waals surface area contributed by atoms with Crippen molar-refractivity contribution in [2.45, 2.75) is 90.9 Å². The molecule has 0 aliphatic heterocycles. The summed E-state index contributed by atoms with van der Waals surface area (Å²) < 4.78 is 5.82. The zero-order valence-corrected chi connectivity index (χ0v) is 17.2. The summed E-state index contributed by atoms with van der Waals surface area (Å²) in [5.41, 5.74) is 1.42. The molecule has 1 aromatic carbocycles. The monoisotopic (exact) mass is 356 g/mol. The van der Waals surface area contributed by atoms with E-state index >= 15 is 0 Å². The van der Waals surface area contributed by atoms with E-state index in [0.29, 0.717) is 0 Å². The minimum Gasteiger partial charge on any atom is -0.494 e. The largest absolute Gasteiger partial charge is 0.494 e. The van der Waals surface area contributed by atoms with Gasteiger partial charge in [0.15, 0.2) is 0 Å². The van der Waals surface area contributed by atoms with Gasteiger partial charge in [0.2, 0.25) is 0 Å². The van der Waals surface area contributed by atoms with Crippen LogP contribution in [0.15, 0.2) is 36.4 Å². The van der Waals surface area contributed by atoms with Crippen LogP contribution in [-0.4, -0.2) is 6.61 Å². The molecule has 1 saturated carbocycles. The first-order valence-corrected chi connectivity index (χ1v) is 11.2. The van der Waals surface area contributed by atoms with Crippen LogP contribution >= 0.6 is 0 Å². The Labute approximate surface area is 162 Å². The lowest BCUT2D eigenvalue weighted by molar-refractivity contribution is 0.294. The smallest absolute Gasteiger partial charge is 0.119 e. The van der Waals surface area contributed by atoms with E-state index in [2.05, 4.69) is 50.3 Å². The topological polar surface area (TPSA) is 9.23 Å². The third-order valence-corrected chi connectivity index (χ3v) is 5.79. The van der Waals surface area contributed by atoms with Crippen molar-refractivity contribution >= 4 is 0 Å². The lowest BCUT2D eigenvalue weighted by Crippen LogP contribution is -2.12. The Kier molecular flexibility index (Phi) is 10.5. The summed E-state index contributed by atoms with van der Waals surface area (Å²) in [6.45, 7) is 5.41. The van der Waals surface area contributed by atoms with Crippen molar-refractivity contribution in [2.24, 2.45) is 11.8 Å². The number of ether oxygens (including phenoxy) is 1. The van der Waals surface area contributed by atoms with Crippen LogP contribution in [0, 0.1) is 11.8 Å². The minimum atomic E-state index is 0.839. The van der Waals surface area contributed by atoms with Gasteiger partial charge in [0.1, 0.15) is 5.75 Å². The molecule has 0 aromatic heterocycles. The van der Waals surface area contributed by atoms with Crippen molar-refractivity contribution in [1.82, 2.24) is 0 Å². The second-order valence-electron chi connectivity index (χ2n) is 8.09. The molecule has 0 unspecified atom stereocenters. The van der Waals surface area contributed by atoms with Gasteiger partial charge in [-0.25, -0.2) is 0 Å². The van der Waals surface area contributed by atoms with Crippen molar-refractivity contribution in [3.05, 3.63) is 42.0 Å². The first-order valence-electron chi connectivity index (χ1n) is 11.2. The van der Waals surface area contributed by atoms with Crippen LogP contribution in [0.5, 0.6) is 5.75 Å². The molecule has 26 heavy (non-hydrogen) atoms. The van der Waals surface area contributed by atoms with E-state index in [-0.39, 0.29) is 0 Å². The van der Waals surface area contributed by atoms with Gasteiger partial charge in [-0.15, -0.1) is 0 Å². The summed E-state index contributed by atoms with van der Waals surface area (Å²) in [4.78, 5) is 0. The molecule has 1 aliphatic rings. The van der Waals surface area contributed by atoms with Gasteiger partial charge < -0.3 is 4.74 Å². The second kappa shape index (κ2) is 13.0. The Morgan fingerprint density at radius 2 is 1.69 bits per heavy atom. The normalized spacial score (nSPS) is 20.5. The maximum atomic E-state index is 5.82. The molecular weight excluding hydrogens is 316 g/mol. The molecule has 0 N–H and O–H groups in total. The van der Waals surface area contributed by atoms with Gasteiger partial charge in [-0.05, 0) is 74.5 Å². The number of hydrogen-bond acceptors (Lipinski definition) is 1. The Morgan fingerprint density at radius 1 is 0.923 bits per heavy atom. The van der Waals surface area contributed by atoms with Gasteiger partial charge in [-0.2, -0.15) is 0 Å². The van der Waals surface area contributed by atoms with Gasteiger partial charge in [0.05, 0.1) is 6.61 Å². The quantitative estimate of drug-likeness (QED) is 0.275. The van der Waals surface area contributed by atoms with Crippen molar-refractivity contribution < 1.29 is 4.74 Å². The van der Waals surface area contributed by atoms with Crippen LogP contribution in [0.2, 0.25) is 0 Å². The zero-order valence-electron chi connectivity index (χ0n) is 17.2. The SMILES string of the molecule is CCCCCCOc1ccc(CCC=CC2CCC(CCC)CC2)cc1. The summed E-state index contributed by atoms with van der Waals surface area (Å²) in [5.74, 6) is 2.87. The Balaban J connectivity index is 1.59. The molecule has 0 amide bonds. The van der Waals surface area contributed by atoms with Crippen LogP contribution < -0.4 is 4.74 Å². The molecule has 1 aliphatic carbocycles. The highest BCUT2D eigenvalue weighted by molar-refractivity contribution is 5.27. The fourth-order valence-electron chi connectivity index (χ4n) is 4.09. The van der Waals surface area contributed by atoms with Crippen LogP contribution in [0.1, 0.15) is 90.0 Å². The molecule has 0 radical (unpaired) electrons. The predicted octanol–water partition coefficient (Wildman–Crippen LogP) is 7.74. The minimum absolute atomic E-state index is 0.839. The van der Waals surface area contributed by atoms with E-state index in [4.69, 9.17) is 4.74 Å². The summed E-state index contributed by atoms with van der Waals surface area (Å²) in [6, 6.07) is 8.72. The van der Waals surface area contributed by atoms with Crippen LogP contribution in [0.4, 0.5) is 0 Å².